The minimum atomic E-state index is -0.300. The molecule has 0 radical (unpaired) electrons. The highest BCUT2D eigenvalue weighted by Crippen LogP contribution is 2.13. The average molecular weight is 230 g/mol. The Morgan fingerprint density at radius 3 is 2.93 bits per heavy atom. The summed E-state index contributed by atoms with van der Waals surface area (Å²) in [5.41, 5.74) is 0.748. The largest absolute Gasteiger partial charge is 0.350 e. The Labute approximate surface area is 93.4 Å². The number of rotatable bonds is 4. The molecule has 0 aliphatic rings. The molecule has 1 aromatic rings. The molecule has 1 atom stereocenters. The second-order valence-electron chi connectivity index (χ2n) is 3.28. The van der Waals surface area contributed by atoms with E-state index in [9.17, 15) is 9.18 Å². The first-order valence-electron chi connectivity index (χ1n) is 4.74. The van der Waals surface area contributed by atoms with Gasteiger partial charge >= 0.3 is 0 Å². The Bertz CT molecular complexity index is 343. The van der Waals surface area contributed by atoms with Crippen LogP contribution in [0.1, 0.15) is 24.9 Å². The van der Waals surface area contributed by atoms with Crippen molar-refractivity contribution in [2.75, 3.05) is 5.88 Å². The molecule has 4 heteroatoms. The molecule has 1 amide bonds. The second-order valence-corrected chi connectivity index (χ2v) is 3.66. The van der Waals surface area contributed by atoms with Crippen LogP contribution in [0.2, 0.25) is 0 Å². The molecule has 0 spiro atoms. The smallest absolute Gasteiger partial charge is 0.221 e. The van der Waals surface area contributed by atoms with Crippen molar-refractivity contribution in [3.05, 3.63) is 35.6 Å². The summed E-state index contributed by atoms with van der Waals surface area (Å²) in [6, 6.07) is 5.97. The first-order valence-corrected chi connectivity index (χ1v) is 5.27. The van der Waals surface area contributed by atoms with Crippen LogP contribution in [-0.4, -0.2) is 11.8 Å². The highest BCUT2D eigenvalue weighted by molar-refractivity contribution is 6.18. The SMILES string of the molecule is C[C@@H](NC(=O)CCCl)c1cccc(F)c1. The first kappa shape index (κ1) is 12.0. The summed E-state index contributed by atoms with van der Waals surface area (Å²) < 4.78 is 12.9. The van der Waals surface area contributed by atoms with E-state index in [-0.39, 0.29) is 24.2 Å². The normalized spacial score (nSPS) is 12.2. The predicted molar refractivity (Wildman–Crippen MR) is 58.3 cm³/mol. The van der Waals surface area contributed by atoms with Crippen molar-refractivity contribution in [1.29, 1.82) is 0 Å². The maximum absolute atomic E-state index is 12.9. The maximum atomic E-state index is 12.9. The second kappa shape index (κ2) is 5.71. The highest BCUT2D eigenvalue weighted by atomic mass is 35.5. The van der Waals surface area contributed by atoms with E-state index in [1.54, 1.807) is 19.1 Å². The van der Waals surface area contributed by atoms with Crippen molar-refractivity contribution in [3.63, 3.8) is 0 Å². The lowest BCUT2D eigenvalue weighted by atomic mass is 10.1. The number of nitrogens with one attached hydrogen (secondary N) is 1. The van der Waals surface area contributed by atoms with E-state index in [1.807, 2.05) is 0 Å². The van der Waals surface area contributed by atoms with Crippen LogP contribution in [-0.2, 0) is 4.79 Å². The number of carbonyl (C=O) groups is 1. The van der Waals surface area contributed by atoms with Crippen LogP contribution in [0, 0.1) is 5.82 Å². The van der Waals surface area contributed by atoms with Gasteiger partial charge in [-0.05, 0) is 24.6 Å². The van der Waals surface area contributed by atoms with Gasteiger partial charge in [0.15, 0.2) is 0 Å². The van der Waals surface area contributed by atoms with E-state index in [2.05, 4.69) is 5.32 Å². The van der Waals surface area contributed by atoms with E-state index in [4.69, 9.17) is 11.6 Å². The monoisotopic (exact) mass is 229 g/mol. The van der Waals surface area contributed by atoms with Gasteiger partial charge in [-0.1, -0.05) is 12.1 Å². The molecule has 0 saturated heterocycles. The van der Waals surface area contributed by atoms with Crippen molar-refractivity contribution in [3.8, 4) is 0 Å². The quantitative estimate of drug-likeness (QED) is 0.791. The first-order chi connectivity index (χ1) is 7.13. The Balaban J connectivity index is 2.60. The Kier molecular flexibility index (Phi) is 4.56. The standard InChI is InChI=1S/C11H13ClFNO/c1-8(14-11(15)5-6-12)9-3-2-4-10(13)7-9/h2-4,7-8H,5-6H2,1H3,(H,14,15)/t8-/m1/s1. The lowest BCUT2D eigenvalue weighted by molar-refractivity contribution is -0.121. The number of halogens is 2. The molecule has 0 bridgehead atoms. The third-order valence-electron chi connectivity index (χ3n) is 2.05. The molecule has 2 nitrogen and oxygen atoms in total. The number of carbonyl (C=O) groups excluding carboxylic acids is 1. The Morgan fingerprint density at radius 2 is 2.33 bits per heavy atom. The Hall–Kier alpha value is -1.09. The third-order valence-corrected chi connectivity index (χ3v) is 2.24. The van der Waals surface area contributed by atoms with Gasteiger partial charge in [-0.3, -0.25) is 4.79 Å². The Morgan fingerprint density at radius 1 is 1.60 bits per heavy atom. The molecule has 15 heavy (non-hydrogen) atoms. The number of hydrogen-bond donors (Lipinski definition) is 1. The molecule has 0 heterocycles. The lowest BCUT2D eigenvalue weighted by Crippen LogP contribution is -2.26. The van der Waals surface area contributed by atoms with Gasteiger partial charge in [0.1, 0.15) is 5.82 Å². The minimum Gasteiger partial charge on any atom is -0.350 e. The van der Waals surface area contributed by atoms with Gasteiger partial charge in [0, 0.05) is 12.3 Å². The van der Waals surface area contributed by atoms with E-state index in [0.717, 1.165) is 5.56 Å². The van der Waals surface area contributed by atoms with E-state index in [1.165, 1.54) is 12.1 Å². The summed E-state index contributed by atoms with van der Waals surface area (Å²) in [5, 5.41) is 2.73. The van der Waals surface area contributed by atoms with Crippen LogP contribution in [0.4, 0.5) is 4.39 Å². The topological polar surface area (TPSA) is 29.1 Å². The van der Waals surface area contributed by atoms with Gasteiger partial charge in [0.2, 0.25) is 5.91 Å². The van der Waals surface area contributed by atoms with Gasteiger partial charge in [-0.15, -0.1) is 11.6 Å². The molecule has 0 fully saturated rings. The van der Waals surface area contributed by atoms with Crippen LogP contribution in [0.5, 0.6) is 0 Å². The van der Waals surface area contributed by atoms with E-state index >= 15 is 0 Å². The molecule has 82 valence electrons. The van der Waals surface area contributed by atoms with Crippen LogP contribution < -0.4 is 5.32 Å². The molecule has 1 N–H and O–H groups in total. The van der Waals surface area contributed by atoms with Crippen molar-refractivity contribution in [1.82, 2.24) is 5.32 Å². The van der Waals surface area contributed by atoms with E-state index in [0.29, 0.717) is 5.88 Å². The molecule has 1 rings (SSSR count). The summed E-state index contributed by atoms with van der Waals surface area (Å²) in [6.45, 7) is 1.81. The zero-order chi connectivity index (χ0) is 11.3. The molecule has 0 saturated carbocycles. The van der Waals surface area contributed by atoms with Crippen LogP contribution in [0.3, 0.4) is 0 Å². The third kappa shape index (κ3) is 3.88. The molecular weight excluding hydrogens is 217 g/mol. The highest BCUT2D eigenvalue weighted by Gasteiger charge is 2.09. The van der Waals surface area contributed by atoms with Gasteiger partial charge in [-0.25, -0.2) is 4.39 Å². The summed E-state index contributed by atoms with van der Waals surface area (Å²) in [5.74, 6) is -0.130. The minimum absolute atomic E-state index is 0.123. The zero-order valence-corrected chi connectivity index (χ0v) is 9.22. The fourth-order valence-electron chi connectivity index (χ4n) is 1.26. The van der Waals surface area contributed by atoms with Gasteiger partial charge < -0.3 is 5.32 Å². The molecule has 0 unspecified atom stereocenters. The number of hydrogen-bond acceptors (Lipinski definition) is 1. The van der Waals surface area contributed by atoms with Crippen molar-refractivity contribution >= 4 is 17.5 Å². The van der Waals surface area contributed by atoms with Gasteiger partial charge in [-0.2, -0.15) is 0 Å². The molecule has 0 aromatic heterocycles. The van der Waals surface area contributed by atoms with Gasteiger partial charge in [0.05, 0.1) is 6.04 Å². The van der Waals surface area contributed by atoms with Gasteiger partial charge in [0.25, 0.3) is 0 Å². The summed E-state index contributed by atoms with van der Waals surface area (Å²) in [6.07, 6.45) is 0.279. The number of amides is 1. The van der Waals surface area contributed by atoms with Crippen LogP contribution >= 0.6 is 11.6 Å². The molecule has 0 aliphatic carbocycles. The fraction of sp³-hybridized carbons (Fsp3) is 0.364. The molecule has 1 aromatic carbocycles. The summed E-state index contributed by atoms with van der Waals surface area (Å²) >= 11 is 5.43. The lowest BCUT2D eigenvalue weighted by Gasteiger charge is -2.13. The zero-order valence-electron chi connectivity index (χ0n) is 8.47. The van der Waals surface area contributed by atoms with Crippen LogP contribution in [0.15, 0.2) is 24.3 Å². The average Bonchev–Trinajstić information content (AvgIpc) is 2.18. The van der Waals surface area contributed by atoms with Crippen molar-refractivity contribution in [2.24, 2.45) is 0 Å². The van der Waals surface area contributed by atoms with Crippen LogP contribution in [0.25, 0.3) is 0 Å². The van der Waals surface area contributed by atoms with Crippen molar-refractivity contribution in [2.45, 2.75) is 19.4 Å². The fourth-order valence-corrected chi connectivity index (χ4v) is 1.43. The number of benzene rings is 1. The van der Waals surface area contributed by atoms with E-state index < -0.39 is 0 Å². The predicted octanol–water partition coefficient (Wildman–Crippen LogP) is 2.63. The molecule has 0 aliphatic heterocycles. The van der Waals surface area contributed by atoms with Crippen molar-refractivity contribution < 1.29 is 9.18 Å². The molecular formula is C11H13ClFNO. The number of alkyl halides is 1. The summed E-state index contributed by atoms with van der Waals surface area (Å²) in [7, 11) is 0. The maximum Gasteiger partial charge on any atom is 0.221 e. The summed E-state index contributed by atoms with van der Waals surface area (Å²) in [4.78, 5) is 11.2.